The van der Waals surface area contributed by atoms with Gasteiger partial charge in [-0.05, 0) is 41.9 Å². The van der Waals surface area contributed by atoms with Crippen LogP contribution in [0.3, 0.4) is 0 Å². The van der Waals surface area contributed by atoms with Crippen molar-refractivity contribution >= 4 is 27.5 Å². The largest absolute Gasteiger partial charge is 0.321 e. The van der Waals surface area contributed by atoms with E-state index < -0.39 is 0 Å². The molecular weight excluding hydrogens is 268 g/mol. The Balaban J connectivity index is 2.70. The summed E-state index contributed by atoms with van der Waals surface area (Å²) in [7, 11) is 0. The summed E-state index contributed by atoms with van der Waals surface area (Å²) in [6.07, 6.45) is 6.82. The second-order valence-corrected chi connectivity index (χ2v) is 3.95. The maximum atomic E-state index is 11.5. The third-order valence-corrected chi connectivity index (χ3v) is 2.30. The van der Waals surface area contributed by atoms with Gasteiger partial charge in [-0.25, -0.2) is 4.98 Å². The zero-order chi connectivity index (χ0) is 12.0. The van der Waals surface area contributed by atoms with Crippen molar-refractivity contribution in [1.29, 1.82) is 0 Å². The lowest BCUT2D eigenvalue weighted by atomic mass is 10.3. The van der Waals surface area contributed by atoms with E-state index in [0.717, 1.165) is 16.0 Å². The van der Waals surface area contributed by atoms with Crippen molar-refractivity contribution in [3.8, 4) is 0 Å². The number of aryl methyl sites for hydroxylation is 1. The van der Waals surface area contributed by atoms with Gasteiger partial charge in [-0.2, -0.15) is 0 Å². The highest BCUT2D eigenvalue weighted by atomic mass is 79.9. The van der Waals surface area contributed by atoms with Crippen LogP contribution in [0, 0.1) is 6.92 Å². The Kier molecular flexibility index (Phi) is 4.92. The number of pyridine rings is 1. The molecule has 0 saturated heterocycles. The summed E-state index contributed by atoms with van der Waals surface area (Å²) in [5, 5.41) is 2.75. The van der Waals surface area contributed by atoms with Gasteiger partial charge in [0.25, 0.3) is 0 Å². The summed E-state index contributed by atoms with van der Waals surface area (Å²) in [6.45, 7) is 3.74. The third kappa shape index (κ3) is 3.98. The van der Waals surface area contributed by atoms with Gasteiger partial charge in [-0.15, -0.1) is 0 Å². The minimum absolute atomic E-state index is 0.162. The number of carbonyl (C=O) groups excluding carboxylic acids is 1. The van der Waals surface area contributed by atoms with Gasteiger partial charge in [-0.3, -0.25) is 4.79 Å². The van der Waals surface area contributed by atoms with Gasteiger partial charge >= 0.3 is 0 Å². The molecule has 0 aliphatic rings. The molecule has 0 spiro atoms. The average molecular weight is 281 g/mol. The van der Waals surface area contributed by atoms with Crippen molar-refractivity contribution in [1.82, 2.24) is 4.98 Å². The maximum Gasteiger partial charge on any atom is 0.248 e. The first-order valence-electron chi connectivity index (χ1n) is 4.87. The SMILES string of the molecule is CC=CC=CC(=O)Nc1ccc(Br)nc1C. The summed E-state index contributed by atoms with van der Waals surface area (Å²) in [6, 6.07) is 3.60. The number of nitrogens with zero attached hydrogens (tertiary/aromatic N) is 1. The molecular formula is C12H13BrN2O. The van der Waals surface area contributed by atoms with E-state index in [0.29, 0.717) is 0 Å². The van der Waals surface area contributed by atoms with Crippen molar-refractivity contribution in [2.45, 2.75) is 13.8 Å². The molecule has 0 aliphatic carbocycles. The van der Waals surface area contributed by atoms with Crippen LogP contribution < -0.4 is 5.32 Å². The van der Waals surface area contributed by atoms with E-state index in [1.54, 1.807) is 18.2 Å². The molecule has 84 valence electrons. The van der Waals surface area contributed by atoms with Crippen molar-refractivity contribution < 1.29 is 4.79 Å². The molecule has 0 aliphatic heterocycles. The van der Waals surface area contributed by atoms with Crippen LogP contribution in [0.25, 0.3) is 0 Å². The van der Waals surface area contributed by atoms with Gasteiger partial charge in [0.1, 0.15) is 4.60 Å². The number of nitrogens with one attached hydrogen (secondary N) is 1. The first-order chi connectivity index (χ1) is 7.63. The number of amides is 1. The molecule has 3 nitrogen and oxygen atoms in total. The Morgan fingerprint density at radius 2 is 2.19 bits per heavy atom. The molecule has 0 bridgehead atoms. The number of hydrogen-bond donors (Lipinski definition) is 1. The number of halogens is 1. The number of rotatable bonds is 3. The first kappa shape index (κ1) is 12.6. The Hall–Kier alpha value is -1.42. The highest BCUT2D eigenvalue weighted by molar-refractivity contribution is 9.10. The summed E-state index contributed by atoms with van der Waals surface area (Å²) in [4.78, 5) is 15.6. The van der Waals surface area contributed by atoms with Gasteiger partial charge in [-0.1, -0.05) is 18.2 Å². The fraction of sp³-hybridized carbons (Fsp3) is 0.167. The molecule has 16 heavy (non-hydrogen) atoms. The molecule has 1 amide bonds. The topological polar surface area (TPSA) is 42.0 Å². The van der Waals surface area contributed by atoms with E-state index in [2.05, 4.69) is 26.2 Å². The van der Waals surface area contributed by atoms with Crippen LogP contribution in [0.5, 0.6) is 0 Å². The van der Waals surface area contributed by atoms with Crippen LogP contribution in [0.1, 0.15) is 12.6 Å². The molecule has 0 unspecified atom stereocenters. The first-order valence-corrected chi connectivity index (χ1v) is 5.66. The van der Waals surface area contributed by atoms with Crippen LogP contribution in [0.4, 0.5) is 5.69 Å². The lowest BCUT2D eigenvalue weighted by molar-refractivity contribution is -0.111. The number of carbonyl (C=O) groups is 1. The van der Waals surface area contributed by atoms with Crippen LogP contribution in [-0.4, -0.2) is 10.9 Å². The lowest BCUT2D eigenvalue weighted by Crippen LogP contribution is -2.09. The van der Waals surface area contributed by atoms with Gasteiger partial charge in [0.2, 0.25) is 5.91 Å². The Morgan fingerprint density at radius 3 is 2.81 bits per heavy atom. The predicted molar refractivity (Wildman–Crippen MR) is 69.3 cm³/mol. The lowest BCUT2D eigenvalue weighted by Gasteiger charge is -2.05. The number of hydrogen-bond acceptors (Lipinski definition) is 2. The van der Waals surface area contributed by atoms with Crippen LogP contribution in [0.2, 0.25) is 0 Å². The second kappa shape index (κ2) is 6.23. The van der Waals surface area contributed by atoms with Crippen LogP contribution in [0.15, 0.2) is 41.0 Å². The van der Waals surface area contributed by atoms with E-state index in [-0.39, 0.29) is 5.91 Å². The summed E-state index contributed by atoms with van der Waals surface area (Å²) in [5.74, 6) is -0.162. The number of aromatic nitrogens is 1. The van der Waals surface area contributed by atoms with Crippen molar-refractivity contribution in [2.75, 3.05) is 5.32 Å². The monoisotopic (exact) mass is 280 g/mol. The molecule has 1 heterocycles. The molecule has 0 radical (unpaired) electrons. The molecule has 1 N–H and O–H groups in total. The zero-order valence-corrected chi connectivity index (χ0v) is 10.8. The average Bonchev–Trinajstić information content (AvgIpc) is 2.23. The van der Waals surface area contributed by atoms with E-state index in [9.17, 15) is 4.79 Å². The molecule has 0 fully saturated rings. The smallest absolute Gasteiger partial charge is 0.248 e. The molecule has 0 aromatic carbocycles. The quantitative estimate of drug-likeness (QED) is 0.525. The Labute approximate surface area is 103 Å². The van der Waals surface area contributed by atoms with E-state index in [1.807, 2.05) is 26.0 Å². The summed E-state index contributed by atoms with van der Waals surface area (Å²) < 4.78 is 0.757. The molecule has 1 rings (SSSR count). The molecule has 4 heteroatoms. The van der Waals surface area contributed by atoms with Crippen LogP contribution in [-0.2, 0) is 4.79 Å². The summed E-state index contributed by atoms with van der Waals surface area (Å²) >= 11 is 3.27. The van der Waals surface area contributed by atoms with Crippen molar-refractivity contribution in [3.63, 3.8) is 0 Å². The molecule has 0 saturated carbocycles. The zero-order valence-electron chi connectivity index (χ0n) is 9.20. The number of allylic oxidation sites excluding steroid dienone is 3. The van der Waals surface area contributed by atoms with E-state index >= 15 is 0 Å². The van der Waals surface area contributed by atoms with Crippen LogP contribution >= 0.6 is 15.9 Å². The Bertz CT molecular complexity index is 439. The number of anilines is 1. The highest BCUT2D eigenvalue weighted by Crippen LogP contribution is 2.15. The van der Waals surface area contributed by atoms with Gasteiger partial charge in [0.05, 0.1) is 11.4 Å². The van der Waals surface area contributed by atoms with E-state index in [1.165, 1.54) is 6.08 Å². The summed E-state index contributed by atoms with van der Waals surface area (Å²) in [5.41, 5.74) is 1.50. The maximum absolute atomic E-state index is 11.5. The molecule has 1 aromatic rings. The fourth-order valence-electron chi connectivity index (χ4n) is 1.09. The molecule has 0 atom stereocenters. The van der Waals surface area contributed by atoms with Crippen molar-refractivity contribution in [3.05, 3.63) is 46.7 Å². The van der Waals surface area contributed by atoms with Gasteiger partial charge in [0, 0.05) is 6.08 Å². The van der Waals surface area contributed by atoms with E-state index in [4.69, 9.17) is 0 Å². The standard InChI is InChI=1S/C12H13BrN2O/c1-3-4-5-6-12(16)15-10-7-8-11(13)14-9(10)2/h3-8H,1-2H3,(H,15,16). The predicted octanol–water partition coefficient (Wildman–Crippen LogP) is 3.22. The second-order valence-electron chi connectivity index (χ2n) is 3.14. The van der Waals surface area contributed by atoms with Gasteiger partial charge in [0.15, 0.2) is 0 Å². The highest BCUT2D eigenvalue weighted by Gasteiger charge is 2.02. The normalized spacial score (nSPS) is 11.2. The Morgan fingerprint density at radius 1 is 1.44 bits per heavy atom. The van der Waals surface area contributed by atoms with Crippen molar-refractivity contribution in [2.24, 2.45) is 0 Å². The van der Waals surface area contributed by atoms with Gasteiger partial charge < -0.3 is 5.32 Å². The molecule has 1 aromatic heterocycles. The third-order valence-electron chi connectivity index (χ3n) is 1.86. The minimum atomic E-state index is -0.162. The fourth-order valence-corrected chi connectivity index (χ4v) is 1.49. The minimum Gasteiger partial charge on any atom is -0.321 e.